The van der Waals surface area contributed by atoms with Crippen LogP contribution >= 0.6 is 0 Å². The first-order valence-electron chi connectivity index (χ1n) is 10.0. The second-order valence-electron chi connectivity index (χ2n) is 7.17. The Labute approximate surface area is 180 Å². The van der Waals surface area contributed by atoms with Crippen LogP contribution in [0.2, 0.25) is 0 Å². The minimum atomic E-state index is -0.309. The third-order valence-electron chi connectivity index (χ3n) is 5.05. The molecule has 0 radical (unpaired) electrons. The molecule has 5 rings (SSSR count). The van der Waals surface area contributed by atoms with E-state index in [-0.39, 0.29) is 6.03 Å². The van der Waals surface area contributed by atoms with Crippen molar-refractivity contribution in [2.24, 2.45) is 0 Å². The van der Waals surface area contributed by atoms with Gasteiger partial charge < -0.3 is 15.0 Å². The van der Waals surface area contributed by atoms with Gasteiger partial charge in [0.05, 0.1) is 11.4 Å². The van der Waals surface area contributed by atoms with E-state index in [1.165, 1.54) is 5.56 Å². The van der Waals surface area contributed by atoms with Crippen molar-refractivity contribution >= 4 is 23.1 Å². The summed E-state index contributed by atoms with van der Waals surface area (Å²) in [7, 11) is 0. The number of anilines is 2. The number of amides is 2. The Morgan fingerprint density at radius 3 is 2.06 bits per heavy atom. The Morgan fingerprint density at radius 2 is 1.32 bits per heavy atom. The van der Waals surface area contributed by atoms with Crippen LogP contribution in [0.4, 0.5) is 16.2 Å². The molecule has 5 heteroatoms. The van der Waals surface area contributed by atoms with E-state index in [9.17, 15) is 4.79 Å². The number of rotatable bonds is 4. The van der Waals surface area contributed by atoms with Crippen LogP contribution in [0.5, 0.6) is 0 Å². The van der Waals surface area contributed by atoms with Crippen molar-refractivity contribution in [1.29, 1.82) is 0 Å². The molecule has 2 heterocycles. The first-order chi connectivity index (χ1) is 15.3. The zero-order chi connectivity index (χ0) is 21.0. The smallest absolute Gasteiger partial charge is 0.308 e. The number of aromatic nitrogens is 2. The summed E-state index contributed by atoms with van der Waals surface area (Å²) < 4.78 is 1.92. The summed E-state index contributed by atoms with van der Waals surface area (Å²) in [6.45, 7) is 0. The van der Waals surface area contributed by atoms with Crippen molar-refractivity contribution in [3.8, 4) is 22.4 Å². The first-order valence-corrected chi connectivity index (χ1v) is 10.0. The molecule has 0 aliphatic heterocycles. The fourth-order valence-electron chi connectivity index (χ4n) is 3.52. The van der Waals surface area contributed by atoms with Crippen molar-refractivity contribution in [3.63, 3.8) is 0 Å². The Balaban J connectivity index is 1.40. The number of para-hydroxylation sites is 1. The Morgan fingerprint density at radius 1 is 0.677 bits per heavy atom. The lowest BCUT2D eigenvalue weighted by Crippen LogP contribution is -2.19. The number of imidazole rings is 1. The monoisotopic (exact) mass is 404 g/mol. The molecule has 0 bridgehead atoms. The molecule has 0 aliphatic rings. The molecular formula is C26H20N4O. The average molecular weight is 404 g/mol. The summed E-state index contributed by atoms with van der Waals surface area (Å²) in [5.41, 5.74) is 6.26. The SMILES string of the molecule is O=C(Nc1ccccc1)Nc1cccn2cc(-c3ccc(-c4ccccc4)cc3)nc12. The van der Waals surface area contributed by atoms with Crippen LogP contribution < -0.4 is 10.6 Å². The van der Waals surface area contributed by atoms with Gasteiger partial charge in [-0.25, -0.2) is 9.78 Å². The minimum absolute atomic E-state index is 0.309. The maximum Gasteiger partial charge on any atom is 0.323 e. The number of carbonyl (C=O) groups is 1. The highest BCUT2D eigenvalue weighted by atomic mass is 16.2. The fourth-order valence-corrected chi connectivity index (χ4v) is 3.52. The Bertz CT molecular complexity index is 1330. The largest absolute Gasteiger partial charge is 0.323 e. The molecule has 150 valence electrons. The third-order valence-corrected chi connectivity index (χ3v) is 5.05. The van der Waals surface area contributed by atoms with Gasteiger partial charge in [-0.2, -0.15) is 0 Å². The Hall–Kier alpha value is -4.38. The van der Waals surface area contributed by atoms with Gasteiger partial charge in [0, 0.05) is 23.6 Å². The summed E-state index contributed by atoms with van der Waals surface area (Å²) in [5.74, 6) is 0. The number of nitrogens with zero attached hydrogens (tertiary/aromatic N) is 2. The van der Waals surface area contributed by atoms with E-state index in [2.05, 4.69) is 47.0 Å². The summed E-state index contributed by atoms with van der Waals surface area (Å²) in [4.78, 5) is 17.2. The number of benzene rings is 3. The number of urea groups is 1. The van der Waals surface area contributed by atoms with Gasteiger partial charge in [0.25, 0.3) is 0 Å². The van der Waals surface area contributed by atoms with E-state index < -0.39 is 0 Å². The number of pyridine rings is 1. The van der Waals surface area contributed by atoms with Gasteiger partial charge in [-0.1, -0.05) is 72.8 Å². The lowest BCUT2D eigenvalue weighted by atomic mass is 10.0. The average Bonchev–Trinajstić information content (AvgIpc) is 3.26. The van der Waals surface area contributed by atoms with Gasteiger partial charge in [-0.15, -0.1) is 0 Å². The molecule has 2 amide bonds. The Kier molecular flexibility index (Phi) is 4.91. The number of hydrogen-bond donors (Lipinski definition) is 2. The molecule has 0 unspecified atom stereocenters. The van der Waals surface area contributed by atoms with Gasteiger partial charge in [-0.3, -0.25) is 0 Å². The molecular weight excluding hydrogens is 384 g/mol. The van der Waals surface area contributed by atoms with Crippen LogP contribution in [0.15, 0.2) is 109 Å². The summed E-state index contributed by atoms with van der Waals surface area (Å²) in [5, 5.41) is 5.72. The van der Waals surface area contributed by atoms with Gasteiger partial charge in [0.15, 0.2) is 5.65 Å². The molecule has 2 N–H and O–H groups in total. The van der Waals surface area contributed by atoms with Gasteiger partial charge in [0.2, 0.25) is 0 Å². The fraction of sp³-hybridized carbons (Fsp3) is 0. The number of hydrogen-bond acceptors (Lipinski definition) is 2. The van der Waals surface area contributed by atoms with Crippen molar-refractivity contribution in [2.45, 2.75) is 0 Å². The number of carbonyl (C=O) groups excluding carboxylic acids is 1. The number of nitrogens with one attached hydrogen (secondary N) is 2. The summed E-state index contributed by atoms with van der Waals surface area (Å²) in [6, 6.07) is 31.4. The maximum atomic E-state index is 12.4. The highest BCUT2D eigenvalue weighted by Gasteiger charge is 2.11. The molecule has 0 saturated carbocycles. The zero-order valence-electron chi connectivity index (χ0n) is 16.7. The second-order valence-corrected chi connectivity index (χ2v) is 7.17. The van der Waals surface area contributed by atoms with Crippen LogP contribution in [-0.4, -0.2) is 15.4 Å². The van der Waals surface area contributed by atoms with E-state index in [0.717, 1.165) is 22.5 Å². The molecule has 0 saturated heterocycles. The van der Waals surface area contributed by atoms with E-state index >= 15 is 0 Å². The van der Waals surface area contributed by atoms with Gasteiger partial charge in [0.1, 0.15) is 0 Å². The van der Waals surface area contributed by atoms with Gasteiger partial charge >= 0.3 is 6.03 Å². The summed E-state index contributed by atoms with van der Waals surface area (Å²) in [6.07, 6.45) is 3.89. The molecule has 2 aromatic heterocycles. The predicted octanol–water partition coefficient (Wildman–Crippen LogP) is 6.31. The highest BCUT2D eigenvalue weighted by Crippen LogP contribution is 2.26. The van der Waals surface area contributed by atoms with Crippen LogP contribution in [0, 0.1) is 0 Å². The minimum Gasteiger partial charge on any atom is -0.308 e. The zero-order valence-corrected chi connectivity index (χ0v) is 16.7. The van der Waals surface area contributed by atoms with Crippen molar-refractivity contribution in [3.05, 3.63) is 109 Å². The molecule has 0 spiro atoms. The summed E-state index contributed by atoms with van der Waals surface area (Å²) >= 11 is 0. The molecule has 0 aliphatic carbocycles. The van der Waals surface area contributed by atoms with Crippen LogP contribution in [0.1, 0.15) is 0 Å². The van der Waals surface area contributed by atoms with Crippen molar-refractivity contribution in [2.75, 3.05) is 10.6 Å². The van der Waals surface area contributed by atoms with Crippen LogP contribution in [0.25, 0.3) is 28.0 Å². The molecule has 5 aromatic rings. The third kappa shape index (κ3) is 4.02. The molecule has 31 heavy (non-hydrogen) atoms. The highest BCUT2D eigenvalue weighted by molar-refractivity contribution is 6.02. The van der Waals surface area contributed by atoms with Crippen LogP contribution in [-0.2, 0) is 0 Å². The predicted molar refractivity (Wildman–Crippen MR) is 125 cm³/mol. The second kappa shape index (κ2) is 8.16. The standard InChI is InChI=1S/C26H20N4O/c31-26(27-22-10-5-2-6-11-22)29-23-12-7-17-30-18-24(28-25(23)30)21-15-13-20(14-16-21)19-8-3-1-4-9-19/h1-18H,(H2,27,29,31). The van der Waals surface area contributed by atoms with Crippen LogP contribution in [0.3, 0.4) is 0 Å². The van der Waals surface area contributed by atoms with Crippen molar-refractivity contribution < 1.29 is 4.79 Å². The van der Waals surface area contributed by atoms with E-state index in [4.69, 9.17) is 4.98 Å². The molecule has 0 atom stereocenters. The quantitative estimate of drug-likeness (QED) is 0.369. The van der Waals surface area contributed by atoms with E-state index in [0.29, 0.717) is 11.3 Å². The van der Waals surface area contributed by atoms with Gasteiger partial charge in [-0.05, 0) is 35.4 Å². The number of fused-ring (bicyclic) bond motifs is 1. The van der Waals surface area contributed by atoms with Crippen molar-refractivity contribution in [1.82, 2.24) is 9.38 Å². The topological polar surface area (TPSA) is 58.4 Å². The molecule has 5 nitrogen and oxygen atoms in total. The van der Waals surface area contributed by atoms with E-state index in [1.54, 1.807) is 0 Å². The lowest BCUT2D eigenvalue weighted by Gasteiger charge is -2.08. The first kappa shape index (κ1) is 18.6. The lowest BCUT2D eigenvalue weighted by molar-refractivity contribution is 0.262. The molecule has 3 aromatic carbocycles. The normalized spacial score (nSPS) is 10.7. The molecule has 0 fully saturated rings. The van der Waals surface area contributed by atoms with E-state index in [1.807, 2.05) is 77.5 Å². The maximum absolute atomic E-state index is 12.4.